The molecular weight excluding hydrogens is 388 g/mol. The van der Waals surface area contributed by atoms with Crippen molar-refractivity contribution in [3.8, 4) is 0 Å². The lowest BCUT2D eigenvalue weighted by Gasteiger charge is -2.16. The molecule has 1 N–H and O–H groups in total. The molecule has 0 aliphatic rings. The van der Waals surface area contributed by atoms with Crippen LogP contribution in [0.5, 0.6) is 0 Å². The van der Waals surface area contributed by atoms with E-state index in [0.717, 1.165) is 14.0 Å². The summed E-state index contributed by atoms with van der Waals surface area (Å²) in [5, 5.41) is 4.26. The molecule has 1 unspecified atom stereocenters. The zero-order valence-corrected chi connectivity index (χ0v) is 14.6. The molecule has 2 aromatic rings. The maximum Gasteiger partial charge on any atom is 0.115 e. The van der Waals surface area contributed by atoms with Crippen LogP contribution in [0.1, 0.15) is 18.5 Å². The highest BCUT2D eigenvalue weighted by Crippen LogP contribution is 2.36. The lowest BCUT2D eigenvalue weighted by molar-refractivity contribution is 0.641. The van der Waals surface area contributed by atoms with E-state index < -0.39 is 0 Å². The van der Waals surface area contributed by atoms with E-state index in [9.17, 15) is 0 Å². The summed E-state index contributed by atoms with van der Waals surface area (Å²) in [6, 6.07) is 10.6. The number of nitrogens with zero attached hydrogens (tertiary/aromatic N) is 1. The van der Waals surface area contributed by atoms with Crippen LogP contribution >= 0.6 is 43.6 Å². The Morgan fingerprint density at radius 1 is 1.26 bits per heavy atom. The van der Waals surface area contributed by atoms with E-state index in [1.807, 2.05) is 25.4 Å². The van der Waals surface area contributed by atoms with Gasteiger partial charge in [-0.1, -0.05) is 27.7 Å². The van der Waals surface area contributed by atoms with Gasteiger partial charge in [-0.2, -0.15) is 0 Å². The average molecular weight is 402 g/mol. The fourth-order valence-electron chi connectivity index (χ4n) is 1.66. The van der Waals surface area contributed by atoms with Crippen molar-refractivity contribution in [1.82, 2.24) is 10.3 Å². The third kappa shape index (κ3) is 3.81. The van der Waals surface area contributed by atoms with Crippen molar-refractivity contribution in [3.05, 3.63) is 51.0 Å². The average Bonchev–Trinajstić information content (AvgIpc) is 2.42. The fraction of sp³-hybridized carbons (Fsp3) is 0.214. The van der Waals surface area contributed by atoms with Gasteiger partial charge >= 0.3 is 0 Å². The SMILES string of the molecule is CNC(C)c1cc(Br)ccc1Sc1ncccc1Br. The molecule has 0 fully saturated rings. The van der Waals surface area contributed by atoms with Crippen LogP contribution in [0.25, 0.3) is 0 Å². The highest BCUT2D eigenvalue weighted by Gasteiger charge is 2.12. The van der Waals surface area contributed by atoms with Gasteiger partial charge in [0.2, 0.25) is 0 Å². The Balaban J connectivity index is 2.37. The van der Waals surface area contributed by atoms with Crippen molar-refractivity contribution in [3.63, 3.8) is 0 Å². The summed E-state index contributed by atoms with van der Waals surface area (Å²) in [6.07, 6.45) is 1.81. The quantitative estimate of drug-likeness (QED) is 0.776. The van der Waals surface area contributed by atoms with Gasteiger partial charge in [0, 0.05) is 21.6 Å². The van der Waals surface area contributed by atoms with Crippen molar-refractivity contribution < 1.29 is 0 Å². The minimum absolute atomic E-state index is 0.294. The molecular formula is C14H14Br2N2S. The van der Waals surface area contributed by atoms with Gasteiger partial charge in [-0.3, -0.25) is 0 Å². The van der Waals surface area contributed by atoms with E-state index in [-0.39, 0.29) is 0 Å². The third-order valence-electron chi connectivity index (χ3n) is 2.80. The molecule has 19 heavy (non-hydrogen) atoms. The maximum absolute atomic E-state index is 4.41. The van der Waals surface area contributed by atoms with Crippen molar-refractivity contribution >= 4 is 43.6 Å². The van der Waals surface area contributed by atoms with Crippen molar-refractivity contribution in [2.75, 3.05) is 7.05 Å². The molecule has 5 heteroatoms. The molecule has 0 amide bonds. The molecule has 0 radical (unpaired) electrons. The van der Waals surface area contributed by atoms with Crippen molar-refractivity contribution in [2.45, 2.75) is 22.9 Å². The second-order valence-corrected chi connectivity index (χ2v) is 6.89. The number of hydrogen-bond donors (Lipinski definition) is 1. The van der Waals surface area contributed by atoms with Crippen LogP contribution in [-0.4, -0.2) is 12.0 Å². The second-order valence-electron chi connectivity index (χ2n) is 4.08. The first-order valence-corrected chi connectivity index (χ1v) is 8.27. The van der Waals surface area contributed by atoms with Gasteiger partial charge in [0.05, 0.1) is 4.47 Å². The Morgan fingerprint density at radius 2 is 2.05 bits per heavy atom. The monoisotopic (exact) mass is 400 g/mol. The van der Waals surface area contributed by atoms with Gasteiger partial charge in [-0.15, -0.1) is 0 Å². The van der Waals surface area contributed by atoms with Gasteiger partial charge in [0.25, 0.3) is 0 Å². The number of halogens is 2. The number of rotatable bonds is 4. The normalized spacial score (nSPS) is 12.4. The Hall–Kier alpha value is -0.360. The minimum atomic E-state index is 0.294. The molecule has 2 nitrogen and oxygen atoms in total. The first kappa shape index (κ1) is 15.0. The van der Waals surface area contributed by atoms with Crippen LogP contribution in [0.4, 0.5) is 0 Å². The Bertz CT molecular complexity index is 575. The predicted molar refractivity (Wildman–Crippen MR) is 87.7 cm³/mol. The molecule has 0 aliphatic heterocycles. The first-order valence-electron chi connectivity index (χ1n) is 5.87. The molecule has 1 aromatic heterocycles. The molecule has 0 spiro atoms. The molecule has 1 aromatic carbocycles. The predicted octanol–water partition coefficient (Wildman–Crippen LogP) is 5.04. The minimum Gasteiger partial charge on any atom is -0.313 e. The van der Waals surface area contributed by atoms with Crippen molar-refractivity contribution in [1.29, 1.82) is 0 Å². The van der Waals surface area contributed by atoms with Crippen molar-refractivity contribution in [2.24, 2.45) is 0 Å². The largest absolute Gasteiger partial charge is 0.313 e. The summed E-state index contributed by atoms with van der Waals surface area (Å²) in [4.78, 5) is 5.62. The van der Waals surface area contributed by atoms with Gasteiger partial charge in [0.15, 0.2) is 0 Å². The summed E-state index contributed by atoms with van der Waals surface area (Å²) in [7, 11) is 1.97. The Morgan fingerprint density at radius 3 is 2.74 bits per heavy atom. The molecule has 0 saturated carbocycles. The summed E-state index contributed by atoms with van der Waals surface area (Å²) in [5.74, 6) is 0. The van der Waals surface area contributed by atoms with E-state index in [1.165, 1.54) is 10.5 Å². The van der Waals surface area contributed by atoms with E-state index in [0.29, 0.717) is 6.04 Å². The summed E-state index contributed by atoms with van der Waals surface area (Å²) < 4.78 is 2.11. The molecule has 0 saturated heterocycles. The molecule has 100 valence electrons. The van der Waals surface area contributed by atoms with Gasteiger partial charge in [-0.05, 0) is 65.8 Å². The maximum atomic E-state index is 4.41. The van der Waals surface area contributed by atoms with Gasteiger partial charge in [0.1, 0.15) is 5.03 Å². The molecule has 1 heterocycles. The summed E-state index contributed by atoms with van der Waals surface area (Å²) in [6.45, 7) is 2.15. The third-order valence-corrected chi connectivity index (χ3v) is 5.31. The topological polar surface area (TPSA) is 24.9 Å². The number of pyridine rings is 1. The highest BCUT2D eigenvalue weighted by atomic mass is 79.9. The van der Waals surface area contributed by atoms with Crippen LogP contribution in [-0.2, 0) is 0 Å². The van der Waals surface area contributed by atoms with E-state index in [1.54, 1.807) is 11.8 Å². The highest BCUT2D eigenvalue weighted by molar-refractivity contribution is 9.10. The standard InChI is InChI=1S/C14H14Br2N2S/c1-9(17-2)11-8-10(15)5-6-13(11)19-14-12(16)4-3-7-18-14/h3-9,17H,1-2H3. The van der Waals surface area contributed by atoms with E-state index in [2.05, 4.69) is 67.3 Å². The zero-order valence-electron chi connectivity index (χ0n) is 10.7. The molecule has 1 atom stereocenters. The van der Waals surface area contributed by atoms with E-state index >= 15 is 0 Å². The van der Waals surface area contributed by atoms with Crippen LogP contribution in [0.15, 0.2) is 55.4 Å². The summed E-state index contributed by atoms with van der Waals surface area (Å²) in [5.41, 5.74) is 1.26. The lowest BCUT2D eigenvalue weighted by atomic mass is 10.1. The van der Waals surface area contributed by atoms with Crippen LogP contribution < -0.4 is 5.32 Å². The molecule has 2 rings (SSSR count). The fourth-order valence-corrected chi connectivity index (χ4v) is 3.51. The van der Waals surface area contributed by atoms with Crippen LogP contribution in [0.2, 0.25) is 0 Å². The Kier molecular flexibility index (Phi) is 5.45. The van der Waals surface area contributed by atoms with Gasteiger partial charge < -0.3 is 5.32 Å². The second kappa shape index (κ2) is 6.88. The van der Waals surface area contributed by atoms with E-state index in [4.69, 9.17) is 0 Å². The van der Waals surface area contributed by atoms with Gasteiger partial charge in [-0.25, -0.2) is 4.98 Å². The smallest absolute Gasteiger partial charge is 0.115 e. The first-order chi connectivity index (χ1) is 9.11. The zero-order chi connectivity index (χ0) is 13.8. The van der Waals surface area contributed by atoms with Crippen LogP contribution in [0.3, 0.4) is 0 Å². The number of hydrogen-bond acceptors (Lipinski definition) is 3. The molecule has 0 aliphatic carbocycles. The Labute approximate surface area is 134 Å². The van der Waals surface area contributed by atoms with Crippen LogP contribution in [0, 0.1) is 0 Å². The number of aromatic nitrogens is 1. The lowest BCUT2D eigenvalue weighted by Crippen LogP contribution is -2.13. The molecule has 0 bridgehead atoms. The summed E-state index contributed by atoms with van der Waals surface area (Å²) >= 11 is 8.74. The number of nitrogens with one attached hydrogen (secondary N) is 1. The number of benzene rings is 1.